The van der Waals surface area contributed by atoms with Gasteiger partial charge in [-0.25, -0.2) is 0 Å². The molecule has 0 spiro atoms. The van der Waals surface area contributed by atoms with Gasteiger partial charge in [-0.15, -0.1) is 10.2 Å². The van der Waals surface area contributed by atoms with Crippen molar-refractivity contribution in [3.8, 4) is 17.0 Å². The fourth-order valence-electron chi connectivity index (χ4n) is 3.34. The topological polar surface area (TPSA) is 98.3 Å². The van der Waals surface area contributed by atoms with Crippen LogP contribution in [0.3, 0.4) is 0 Å². The highest BCUT2D eigenvalue weighted by Crippen LogP contribution is 2.39. The third-order valence-electron chi connectivity index (χ3n) is 4.79. The van der Waals surface area contributed by atoms with E-state index >= 15 is 0 Å². The van der Waals surface area contributed by atoms with Crippen molar-refractivity contribution in [3.05, 3.63) is 42.2 Å². The van der Waals surface area contributed by atoms with Gasteiger partial charge in [0.1, 0.15) is 11.4 Å². The van der Waals surface area contributed by atoms with E-state index in [1.165, 1.54) is 12.3 Å². The van der Waals surface area contributed by atoms with E-state index in [1.807, 2.05) is 0 Å². The summed E-state index contributed by atoms with van der Waals surface area (Å²) in [5.41, 5.74) is -0.468. The molecule has 3 heterocycles. The van der Waals surface area contributed by atoms with Gasteiger partial charge in [-0.05, 0) is 24.3 Å². The first-order valence-electron chi connectivity index (χ1n) is 9.44. The lowest BCUT2D eigenvalue weighted by Gasteiger charge is -2.18. The first kappa shape index (κ1) is 20.9. The Morgan fingerprint density at radius 2 is 2.10 bits per heavy atom. The molecule has 2 N–H and O–H groups in total. The molecule has 2 aromatic heterocycles. The van der Waals surface area contributed by atoms with Crippen LogP contribution in [-0.4, -0.2) is 54.0 Å². The van der Waals surface area contributed by atoms with Crippen LogP contribution in [0.4, 0.5) is 19.0 Å². The van der Waals surface area contributed by atoms with Crippen molar-refractivity contribution in [1.82, 2.24) is 20.5 Å². The lowest BCUT2D eigenvalue weighted by atomic mass is 10.0. The minimum atomic E-state index is -4.58. The van der Waals surface area contributed by atoms with Crippen LogP contribution in [0.2, 0.25) is 0 Å². The summed E-state index contributed by atoms with van der Waals surface area (Å²) in [4.78, 5) is 15.0. The number of alkyl halides is 3. The number of anilines is 1. The molecule has 3 aromatic rings. The first-order chi connectivity index (χ1) is 15.0. The molecule has 1 atom stereocenters. The quantitative estimate of drug-likeness (QED) is 0.593. The lowest BCUT2D eigenvalue weighted by Crippen LogP contribution is -2.34. The number of fused-ring (bicyclic) bond motifs is 1. The maximum atomic E-state index is 13.1. The molecule has 1 aromatic carbocycles. The van der Waals surface area contributed by atoms with E-state index in [0.29, 0.717) is 36.3 Å². The molecule has 0 bridgehead atoms. The summed E-state index contributed by atoms with van der Waals surface area (Å²) in [6, 6.07) is 4.50. The van der Waals surface area contributed by atoms with Gasteiger partial charge < -0.3 is 20.1 Å². The molecule has 162 valence electrons. The van der Waals surface area contributed by atoms with Crippen molar-refractivity contribution < 1.29 is 27.4 Å². The SMILES string of the molecule is O=COc1cc(C(F)(F)F)ccc1-c1nnc(NC2CNCCOC2)c2cnccc12. The highest BCUT2D eigenvalue weighted by molar-refractivity contribution is 6.00. The first-order valence-corrected chi connectivity index (χ1v) is 9.44. The molecule has 1 aliphatic heterocycles. The predicted molar refractivity (Wildman–Crippen MR) is 106 cm³/mol. The number of carbonyl (C=O) groups excluding carboxylic acids is 1. The van der Waals surface area contributed by atoms with Gasteiger partial charge >= 0.3 is 6.18 Å². The summed E-state index contributed by atoms with van der Waals surface area (Å²) in [6.45, 7) is 2.58. The zero-order valence-electron chi connectivity index (χ0n) is 16.1. The number of rotatable bonds is 5. The Balaban J connectivity index is 1.78. The van der Waals surface area contributed by atoms with Crippen LogP contribution in [0.5, 0.6) is 5.75 Å². The Bertz CT molecular complexity index is 1090. The summed E-state index contributed by atoms with van der Waals surface area (Å²) in [5, 5.41) is 16.2. The second-order valence-corrected chi connectivity index (χ2v) is 6.86. The van der Waals surface area contributed by atoms with E-state index in [4.69, 9.17) is 9.47 Å². The van der Waals surface area contributed by atoms with E-state index in [-0.39, 0.29) is 29.5 Å². The van der Waals surface area contributed by atoms with Crippen LogP contribution < -0.4 is 15.4 Å². The van der Waals surface area contributed by atoms with Crippen LogP contribution in [0.25, 0.3) is 22.0 Å². The second-order valence-electron chi connectivity index (χ2n) is 6.86. The molecule has 1 saturated heterocycles. The number of hydrogen-bond acceptors (Lipinski definition) is 8. The average Bonchev–Trinajstić information content (AvgIpc) is 3.02. The Labute approximate surface area is 174 Å². The molecule has 0 radical (unpaired) electrons. The number of nitrogens with zero attached hydrogens (tertiary/aromatic N) is 3. The minimum absolute atomic E-state index is 0.0499. The monoisotopic (exact) mass is 433 g/mol. The number of aromatic nitrogens is 3. The fraction of sp³-hybridized carbons (Fsp3) is 0.300. The van der Waals surface area contributed by atoms with Gasteiger partial charge in [-0.1, -0.05) is 0 Å². The Kier molecular flexibility index (Phi) is 5.96. The van der Waals surface area contributed by atoms with Gasteiger partial charge in [0.15, 0.2) is 5.82 Å². The van der Waals surface area contributed by atoms with Gasteiger partial charge in [0.05, 0.1) is 24.8 Å². The van der Waals surface area contributed by atoms with Crippen LogP contribution in [0, 0.1) is 0 Å². The average molecular weight is 433 g/mol. The zero-order chi connectivity index (χ0) is 21.8. The van der Waals surface area contributed by atoms with Crippen molar-refractivity contribution in [2.75, 3.05) is 31.6 Å². The molecule has 1 aliphatic rings. The molecule has 1 unspecified atom stereocenters. The number of halogens is 3. The largest absolute Gasteiger partial charge is 0.428 e. The van der Waals surface area contributed by atoms with Crippen molar-refractivity contribution in [2.24, 2.45) is 0 Å². The molecule has 4 rings (SSSR count). The van der Waals surface area contributed by atoms with Gasteiger partial charge in [-0.2, -0.15) is 13.2 Å². The maximum absolute atomic E-state index is 13.1. The van der Waals surface area contributed by atoms with Crippen molar-refractivity contribution in [3.63, 3.8) is 0 Å². The lowest BCUT2D eigenvalue weighted by molar-refractivity contribution is -0.138. The number of hydrogen-bond donors (Lipinski definition) is 2. The number of benzene rings is 1. The molecule has 8 nitrogen and oxygen atoms in total. The maximum Gasteiger partial charge on any atom is 0.416 e. The summed E-state index contributed by atoms with van der Waals surface area (Å²) >= 11 is 0. The normalized spacial score (nSPS) is 17.2. The third-order valence-corrected chi connectivity index (χ3v) is 4.79. The highest BCUT2D eigenvalue weighted by Gasteiger charge is 2.32. The molecular weight excluding hydrogens is 415 g/mol. The number of nitrogens with one attached hydrogen (secondary N) is 2. The predicted octanol–water partition coefficient (Wildman–Crippen LogP) is 2.65. The van der Waals surface area contributed by atoms with E-state index in [2.05, 4.69) is 25.8 Å². The Hall–Kier alpha value is -3.31. The van der Waals surface area contributed by atoms with Gasteiger partial charge in [-0.3, -0.25) is 9.78 Å². The van der Waals surface area contributed by atoms with Crippen molar-refractivity contribution >= 4 is 23.1 Å². The Morgan fingerprint density at radius 1 is 1.23 bits per heavy atom. The van der Waals surface area contributed by atoms with Crippen LogP contribution in [0.1, 0.15) is 5.56 Å². The van der Waals surface area contributed by atoms with E-state index in [0.717, 1.165) is 18.7 Å². The molecule has 0 aliphatic carbocycles. The standard InChI is InChI=1S/C20H18F3N5O3/c21-20(22,23)12-1-2-15(17(7-12)31-11-29)18-14-3-4-24-9-16(14)19(28-27-18)26-13-8-25-5-6-30-10-13/h1-4,7,9,11,13,25H,5-6,8,10H2,(H,26,28). The van der Waals surface area contributed by atoms with Gasteiger partial charge in [0, 0.05) is 41.8 Å². The summed E-state index contributed by atoms with van der Waals surface area (Å²) in [6.07, 6.45) is -1.46. The summed E-state index contributed by atoms with van der Waals surface area (Å²) in [7, 11) is 0. The molecule has 11 heteroatoms. The third kappa shape index (κ3) is 4.57. The smallest absolute Gasteiger partial charge is 0.416 e. The van der Waals surface area contributed by atoms with Crippen LogP contribution in [0.15, 0.2) is 36.7 Å². The van der Waals surface area contributed by atoms with Crippen molar-refractivity contribution in [2.45, 2.75) is 12.2 Å². The second kappa shape index (κ2) is 8.82. The number of ether oxygens (including phenoxy) is 2. The zero-order valence-corrected chi connectivity index (χ0v) is 16.1. The molecule has 0 amide bonds. The highest BCUT2D eigenvalue weighted by atomic mass is 19.4. The molecule has 1 fully saturated rings. The van der Waals surface area contributed by atoms with Crippen molar-refractivity contribution in [1.29, 1.82) is 0 Å². The summed E-state index contributed by atoms with van der Waals surface area (Å²) < 4.78 is 49.7. The fourth-order valence-corrected chi connectivity index (χ4v) is 3.34. The molecular formula is C20H18F3N5O3. The molecule has 31 heavy (non-hydrogen) atoms. The Morgan fingerprint density at radius 3 is 2.90 bits per heavy atom. The van der Waals surface area contributed by atoms with E-state index in [9.17, 15) is 18.0 Å². The van der Waals surface area contributed by atoms with Gasteiger partial charge in [0.2, 0.25) is 0 Å². The number of pyridine rings is 1. The number of carbonyl (C=O) groups is 1. The van der Waals surface area contributed by atoms with Crippen LogP contribution >= 0.6 is 0 Å². The van der Waals surface area contributed by atoms with E-state index < -0.39 is 11.7 Å². The summed E-state index contributed by atoms with van der Waals surface area (Å²) in [5.74, 6) is 0.202. The molecule has 0 saturated carbocycles. The van der Waals surface area contributed by atoms with Gasteiger partial charge in [0.25, 0.3) is 6.47 Å². The van der Waals surface area contributed by atoms with E-state index in [1.54, 1.807) is 12.3 Å². The minimum Gasteiger partial charge on any atom is -0.428 e. The van der Waals surface area contributed by atoms with Crippen LogP contribution in [-0.2, 0) is 15.7 Å².